The molecule has 2 nitrogen and oxygen atoms in total. The fraction of sp³-hybridized carbons (Fsp3) is 0.235. The second-order valence-electron chi connectivity index (χ2n) is 5.35. The van der Waals surface area contributed by atoms with Crippen LogP contribution in [-0.4, -0.2) is 11.4 Å². The third-order valence-corrected chi connectivity index (χ3v) is 4.47. The summed E-state index contributed by atoms with van der Waals surface area (Å²) in [7, 11) is 0. The first-order chi connectivity index (χ1) is 10.9. The number of amides is 1. The molecule has 1 aliphatic rings. The van der Waals surface area contributed by atoms with Gasteiger partial charge < -0.3 is 5.32 Å². The molecule has 1 atom stereocenters. The quantitative estimate of drug-likeness (QED) is 0.806. The molecule has 1 amide bonds. The third kappa shape index (κ3) is 4.07. The molecule has 0 radical (unpaired) electrons. The van der Waals surface area contributed by atoms with E-state index in [1.165, 1.54) is 12.1 Å². The van der Waals surface area contributed by atoms with Crippen molar-refractivity contribution in [2.24, 2.45) is 0 Å². The molecule has 1 fully saturated rings. The van der Waals surface area contributed by atoms with E-state index in [4.69, 9.17) is 0 Å². The molecule has 1 unspecified atom stereocenters. The maximum Gasteiger partial charge on any atom is 0.446 e. The summed E-state index contributed by atoms with van der Waals surface area (Å²) in [5.74, 6) is 0.0665. The fourth-order valence-corrected chi connectivity index (χ4v) is 3.16. The Hall–Kier alpha value is -1.95. The summed E-state index contributed by atoms with van der Waals surface area (Å²) in [4.78, 5) is 11.4. The molecule has 23 heavy (non-hydrogen) atoms. The summed E-state index contributed by atoms with van der Waals surface area (Å²) in [6.07, 6.45) is 1.34. The molecule has 1 saturated heterocycles. The number of carbonyl (C=O) groups excluding carboxylic acids is 1. The van der Waals surface area contributed by atoms with Crippen LogP contribution in [0.2, 0.25) is 0 Å². The topological polar surface area (TPSA) is 29.1 Å². The van der Waals surface area contributed by atoms with Gasteiger partial charge in [0.05, 0.1) is 6.04 Å². The smallest absolute Gasteiger partial charge is 0.349 e. The van der Waals surface area contributed by atoms with Crippen LogP contribution in [0.1, 0.15) is 24.4 Å². The zero-order valence-electron chi connectivity index (χ0n) is 12.1. The molecule has 2 aromatic carbocycles. The predicted molar refractivity (Wildman–Crippen MR) is 83.9 cm³/mol. The van der Waals surface area contributed by atoms with Gasteiger partial charge >= 0.3 is 5.51 Å². The first-order valence-electron chi connectivity index (χ1n) is 7.16. The van der Waals surface area contributed by atoms with Crippen LogP contribution in [0.15, 0.2) is 53.4 Å². The van der Waals surface area contributed by atoms with Gasteiger partial charge in [-0.1, -0.05) is 36.4 Å². The Kier molecular flexibility index (Phi) is 4.35. The highest BCUT2D eigenvalue weighted by molar-refractivity contribution is 8.00. The Balaban J connectivity index is 1.73. The third-order valence-electron chi connectivity index (χ3n) is 3.73. The average Bonchev–Trinajstić information content (AvgIpc) is 2.93. The monoisotopic (exact) mass is 337 g/mol. The Morgan fingerprint density at radius 2 is 1.52 bits per heavy atom. The van der Waals surface area contributed by atoms with Gasteiger partial charge in [-0.15, -0.1) is 0 Å². The molecule has 0 aromatic heterocycles. The van der Waals surface area contributed by atoms with Crippen LogP contribution in [0.25, 0.3) is 11.1 Å². The highest BCUT2D eigenvalue weighted by Crippen LogP contribution is 2.37. The Morgan fingerprint density at radius 1 is 0.957 bits per heavy atom. The largest absolute Gasteiger partial charge is 0.446 e. The molecule has 1 N–H and O–H groups in total. The first kappa shape index (κ1) is 15.9. The van der Waals surface area contributed by atoms with E-state index in [2.05, 4.69) is 5.32 Å². The summed E-state index contributed by atoms with van der Waals surface area (Å²) < 4.78 is 37.0. The van der Waals surface area contributed by atoms with Gasteiger partial charge in [0.25, 0.3) is 0 Å². The molecular weight excluding hydrogens is 323 g/mol. The summed E-state index contributed by atoms with van der Waals surface area (Å²) in [6, 6.07) is 14.1. The summed E-state index contributed by atoms with van der Waals surface area (Å²) in [5.41, 5.74) is -1.43. The van der Waals surface area contributed by atoms with E-state index in [9.17, 15) is 18.0 Å². The number of rotatable bonds is 3. The minimum absolute atomic E-state index is 0.0575. The van der Waals surface area contributed by atoms with Crippen LogP contribution >= 0.6 is 11.8 Å². The molecule has 0 bridgehead atoms. The summed E-state index contributed by atoms with van der Waals surface area (Å²) >= 11 is -0.116. The van der Waals surface area contributed by atoms with E-state index in [-0.39, 0.29) is 28.6 Å². The number of nitrogens with one attached hydrogen (secondary N) is 1. The number of carbonyl (C=O) groups is 1. The predicted octanol–water partition coefficient (Wildman–Crippen LogP) is 4.92. The van der Waals surface area contributed by atoms with Gasteiger partial charge in [-0.05, 0) is 47.0 Å². The van der Waals surface area contributed by atoms with Crippen LogP contribution in [0.3, 0.4) is 0 Å². The highest BCUT2D eigenvalue weighted by atomic mass is 32.2. The van der Waals surface area contributed by atoms with Gasteiger partial charge in [-0.3, -0.25) is 4.79 Å². The molecular formula is C17H14F3NOS. The number of hydrogen-bond donors (Lipinski definition) is 1. The van der Waals surface area contributed by atoms with E-state index in [1.54, 1.807) is 12.1 Å². The average molecular weight is 337 g/mol. The summed E-state index contributed by atoms with van der Waals surface area (Å²) in [5, 5.41) is 2.91. The molecule has 6 heteroatoms. The van der Waals surface area contributed by atoms with Gasteiger partial charge in [0, 0.05) is 11.3 Å². The zero-order chi connectivity index (χ0) is 16.4. The zero-order valence-corrected chi connectivity index (χ0v) is 12.9. The molecule has 1 aliphatic heterocycles. The number of thioether (sulfide) groups is 1. The van der Waals surface area contributed by atoms with E-state index in [1.807, 2.05) is 24.3 Å². The second kappa shape index (κ2) is 6.28. The fourth-order valence-electron chi connectivity index (χ4n) is 2.62. The lowest BCUT2D eigenvalue weighted by Crippen LogP contribution is -2.18. The van der Waals surface area contributed by atoms with Gasteiger partial charge in [0.15, 0.2) is 0 Å². The van der Waals surface area contributed by atoms with Crippen LogP contribution in [0.5, 0.6) is 0 Å². The standard InChI is InChI=1S/C17H14F3NOS/c18-17(19,20)23-14-7-5-12(6-8-14)11-1-3-13(4-2-11)15-9-10-16(22)21-15/h1-8,15H,9-10H2,(H,21,22). The highest BCUT2D eigenvalue weighted by Gasteiger charge is 2.29. The van der Waals surface area contributed by atoms with Crippen LogP contribution < -0.4 is 5.32 Å². The van der Waals surface area contributed by atoms with Crippen LogP contribution in [0.4, 0.5) is 13.2 Å². The Bertz CT molecular complexity index is 695. The molecule has 3 rings (SSSR count). The van der Waals surface area contributed by atoms with Crippen molar-refractivity contribution in [1.29, 1.82) is 0 Å². The summed E-state index contributed by atoms with van der Waals surface area (Å²) in [6.45, 7) is 0. The first-order valence-corrected chi connectivity index (χ1v) is 7.98. The molecule has 0 spiro atoms. The number of hydrogen-bond acceptors (Lipinski definition) is 2. The van der Waals surface area contributed by atoms with Gasteiger partial charge in [0.2, 0.25) is 5.91 Å². The van der Waals surface area contributed by atoms with Crippen molar-refractivity contribution >= 4 is 17.7 Å². The van der Waals surface area contributed by atoms with E-state index < -0.39 is 5.51 Å². The van der Waals surface area contributed by atoms with Crippen molar-refractivity contribution in [2.75, 3.05) is 0 Å². The molecule has 120 valence electrons. The van der Waals surface area contributed by atoms with Crippen molar-refractivity contribution < 1.29 is 18.0 Å². The minimum Gasteiger partial charge on any atom is -0.349 e. The molecule has 2 aromatic rings. The van der Waals surface area contributed by atoms with E-state index in [0.29, 0.717) is 6.42 Å². The van der Waals surface area contributed by atoms with E-state index in [0.717, 1.165) is 23.1 Å². The molecule has 1 heterocycles. The maximum absolute atomic E-state index is 12.3. The lowest BCUT2D eigenvalue weighted by molar-refractivity contribution is -0.119. The Labute approximate surface area is 136 Å². The van der Waals surface area contributed by atoms with Crippen molar-refractivity contribution in [1.82, 2.24) is 5.32 Å². The van der Waals surface area contributed by atoms with E-state index >= 15 is 0 Å². The maximum atomic E-state index is 12.3. The Morgan fingerprint density at radius 3 is 2.00 bits per heavy atom. The van der Waals surface area contributed by atoms with Gasteiger partial charge in [-0.2, -0.15) is 13.2 Å². The van der Waals surface area contributed by atoms with Crippen molar-refractivity contribution in [2.45, 2.75) is 29.3 Å². The number of halogens is 3. The number of benzene rings is 2. The van der Waals surface area contributed by atoms with Crippen LogP contribution in [-0.2, 0) is 4.79 Å². The second-order valence-corrected chi connectivity index (χ2v) is 6.49. The SMILES string of the molecule is O=C1CCC(c2ccc(-c3ccc(SC(F)(F)F)cc3)cc2)N1. The lowest BCUT2D eigenvalue weighted by atomic mass is 10.00. The molecule has 0 aliphatic carbocycles. The van der Waals surface area contributed by atoms with Gasteiger partial charge in [0.1, 0.15) is 0 Å². The normalized spacial score (nSPS) is 18.0. The van der Waals surface area contributed by atoms with Crippen molar-refractivity contribution in [3.8, 4) is 11.1 Å². The molecule has 0 saturated carbocycles. The lowest BCUT2D eigenvalue weighted by Gasteiger charge is -2.11. The van der Waals surface area contributed by atoms with Crippen molar-refractivity contribution in [3.63, 3.8) is 0 Å². The van der Waals surface area contributed by atoms with Crippen molar-refractivity contribution in [3.05, 3.63) is 54.1 Å². The van der Waals surface area contributed by atoms with Gasteiger partial charge in [-0.25, -0.2) is 0 Å². The minimum atomic E-state index is -4.27. The van der Waals surface area contributed by atoms with Crippen LogP contribution in [0, 0.1) is 0 Å². The number of alkyl halides is 3.